The fourth-order valence-corrected chi connectivity index (χ4v) is 1.64. The van der Waals surface area contributed by atoms with Crippen molar-refractivity contribution in [2.75, 3.05) is 25.8 Å². The van der Waals surface area contributed by atoms with Crippen molar-refractivity contribution in [3.63, 3.8) is 0 Å². The van der Waals surface area contributed by atoms with Gasteiger partial charge in [-0.3, -0.25) is 0 Å². The highest BCUT2D eigenvalue weighted by atomic mass is 79.9. The number of unbranched alkanes of at least 4 members (excludes halogenated alkanes) is 4. The minimum absolute atomic E-state index is 0.403. The van der Waals surface area contributed by atoms with Gasteiger partial charge in [0.2, 0.25) is 0 Å². The zero-order chi connectivity index (χ0) is 11.2. The summed E-state index contributed by atoms with van der Waals surface area (Å²) in [5, 5.41) is 1.14. The summed E-state index contributed by atoms with van der Waals surface area (Å²) in [6.45, 7) is 1.16. The number of ether oxygens (including phenoxy) is 2. The number of allylic oxidation sites excluding steroid dienone is 1. The summed E-state index contributed by atoms with van der Waals surface area (Å²) >= 11 is 3.44. The average molecular weight is 279 g/mol. The van der Waals surface area contributed by atoms with Crippen molar-refractivity contribution in [1.82, 2.24) is 0 Å². The predicted octanol–water partition coefficient (Wildman–Crippen LogP) is 3.90. The van der Waals surface area contributed by atoms with Crippen LogP contribution in [0, 0.1) is 0 Å². The number of alkyl halides is 1. The molecule has 2 nitrogen and oxygen atoms in total. The molecule has 0 rings (SSSR count). The molecule has 3 heteroatoms. The standard InChI is InChI=1S/C12H23BrO2/c1-14-12-15-11-9-7-5-3-2-4-6-8-10-13/h5,7H,2-4,6,8-12H2,1H3/b7-5-. The second-order valence-corrected chi connectivity index (χ2v) is 4.26. The Kier molecular flexibility index (Phi) is 14.3. The van der Waals surface area contributed by atoms with Gasteiger partial charge in [0.15, 0.2) is 0 Å². The van der Waals surface area contributed by atoms with Gasteiger partial charge in [-0.2, -0.15) is 0 Å². The molecule has 0 spiro atoms. The average Bonchev–Trinajstić information content (AvgIpc) is 2.26. The Morgan fingerprint density at radius 3 is 2.47 bits per heavy atom. The fourth-order valence-electron chi connectivity index (χ4n) is 1.24. The van der Waals surface area contributed by atoms with Gasteiger partial charge in [-0.1, -0.05) is 40.9 Å². The van der Waals surface area contributed by atoms with Gasteiger partial charge in [0.1, 0.15) is 6.79 Å². The first-order chi connectivity index (χ1) is 7.41. The Labute approximate surface area is 102 Å². The Hall–Kier alpha value is 0.140. The van der Waals surface area contributed by atoms with Crippen LogP contribution in [0.25, 0.3) is 0 Å². The van der Waals surface area contributed by atoms with Crippen molar-refractivity contribution in [2.45, 2.75) is 38.5 Å². The highest BCUT2D eigenvalue weighted by Crippen LogP contribution is 2.05. The van der Waals surface area contributed by atoms with Crippen LogP contribution in [-0.4, -0.2) is 25.8 Å². The van der Waals surface area contributed by atoms with Gasteiger partial charge >= 0.3 is 0 Å². The molecule has 0 amide bonds. The van der Waals surface area contributed by atoms with Crippen LogP contribution in [0.2, 0.25) is 0 Å². The molecule has 0 unspecified atom stereocenters. The Morgan fingerprint density at radius 1 is 1.00 bits per heavy atom. The van der Waals surface area contributed by atoms with E-state index in [1.165, 1.54) is 32.1 Å². The maximum absolute atomic E-state index is 5.16. The van der Waals surface area contributed by atoms with E-state index in [4.69, 9.17) is 9.47 Å². The molecule has 15 heavy (non-hydrogen) atoms. The van der Waals surface area contributed by atoms with Crippen LogP contribution in [0.15, 0.2) is 12.2 Å². The van der Waals surface area contributed by atoms with Crippen LogP contribution in [0.5, 0.6) is 0 Å². The molecule has 0 saturated heterocycles. The smallest absolute Gasteiger partial charge is 0.146 e. The molecule has 0 aliphatic rings. The van der Waals surface area contributed by atoms with Crippen molar-refractivity contribution >= 4 is 15.9 Å². The number of hydrogen-bond acceptors (Lipinski definition) is 2. The Balaban J connectivity index is 2.97. The summed E-state index contributed by atoms with van der Waals surface area (Å²) < 4.78 is 9.94. The molecule has 90 valence electrons. The van der Waals surface area contributed by atoms with Crippen LogP contribution in [-0.2, 0) is 9.47 Å². The van der Waals surface area contributed by atoms with E-state index in [0.717, 1.165) is 18.4 Å². The lowest BCUT2D eigenvalue weighted by Gasteiger charge is -1.98. The Bertz CT molecular complexity index is 138. The third kappa shape index (κ3) is 14.1. The molecule has 0 aromatic carbocycles. The van der Waals surface area contributed by atoms with Gasteiger partial charge in [-0.05, 0) is 25.7 Å². The lowest BCUT2D eigenvalue weighted by atomic mass is 10.1. The molecule has 0 aromatic heterocycles. The van der Waals surface area contributed by atoms with E-state index in [1.54, 1.807) is 7.11 Å². The molecule has 0 aliphatic carbocycles. The topological polar surface area (TPSA) is 18.5 Å². The molecule has 0 atom stereocenters. The Morgan fingerprint density at radius 2 is 1.73 bits per heavy atom. The van der Waals surface area contributed by atoms with Gasteiger partial charge in [0.25, 0.3) is 0 Å². The quantitative estimate of drug-likeness (QED) is 0.247. The van der Waals surface area contributed by atoms with Gasteiger partial charge < -0.3 is 9.47 Å². The molecule has 0 aliphatic heterocycles. The van der Waals surface area contributed by atoms with Gasteiger partial charge in [0.05, 0.1) is 6.61 Å². The number of halogens is 1. The van der Waals surface area contributed by atoms with Gasteiger partial charge in [-0.15, -0.1) is 0 Å². The first kappa shape index (κ1) is 15.1. The summed E-state index contributed by atoms with van der Waals surface area (Å²) in [4.78, 5) is 0. The summed E-state index contributed by atoms with van der Waals surface area (Å²) in [7, 11) is 1.64. The van der Waals surface area contributed by atoms with E-state index in [1.807, 2.05) is 0 Å². The van der Waals surface area contributed by atoms with E-state index in [2.05, 4.69) is 28.1 Å². The normalized spacial score (nSPS) is 11.3. The highest BCUT2D eigenvalue weighted by molar-refractivity contribution is 9.09. The molecular formula is C12H23BrO2. The summed E-state index contributed by atoms with van der Waals surface area (Å²) in [6, 6.07) is 0. The molecule has 0 radical (unpaired) electrons. The van der Waals surface area contributed by atoms with Crippen molar-refractivity contribution in [3.05, 3.63) is 12.2 Å². The van der Waals surface area contributed by atoms with Gasteiger partial charge in [0, 0.05) is 12.4 Å². The zero-order valence-corrected chi connectivity index (χ0v) is 11.3. The van der Waals surface area contributed by atoms with Gasteiger partial charge in [-0.25, -0.2) is 0 Å². The molecule has 0 aromatic rings. The third-order valence-corrected chi connectivity index (χ3v) is 2.61. The largest absolute Gasteiger partial charge is 0.359 e. The summed E-state index contributed by atoms with van der Waals surface area (Å²) in [5.41, 5.74) is 0. The molecule has 0 bridgehead atoms. The van der Waals surface area contributed by atoms with Crippen LogP contribution < -0.4 is 0 Å². The fraction of sp³-hybridized carbons (Fsp3) is 0.833. The molecule has 0 N–H and O–H groups in total. The number of hydrogen-bond donors (Lipinski definition) is 0. The first-order valence-electron chi connectivity index (χ1n) is 5.69. The second kappa shape index (κ2) is 14.1. The van der Waals surface area contributed by atoms with Crippen LogP contribution in [0.1, 0.15) is 38.5 Å². The lowest BCUT2D eigenvalue weighted by molar-refractivity contribution is -0.0285. The van der Waals surface area contributed by atoms with Crippen molar-refractivity contribution < 1.29 is 9.47 Å². The lowest BCUT2D eigenvalue weighted by Crippen LogP contribution is -1.96. The first-order valence-corrected chi connectivity index (χ1v) is 6.81. The maximum Gasteiger partial charge on any atom is 0.146 e. The van der Waals surface area contributed by atoms with Crippen molar-refractivity contribution in [2.24, 2.45) is 0 Å². The van der Waals surface area contributed by atoms with E-state index in [9.17, 15) is 0 Å². The van der Waals surface area contributed by atoms with Crippen LogP contribution in [0.3, 0.4) is 0 Å². The zero-order valence-electron chi connectivity index (χ0n) is 9.71. The second-order valence-electron chi connectivity index (χ2n) is 3.47. The number of rotatable bonds is 11. The van der Waals surface area contributed by atoms with Crippen molar-refractivity contribution in [1.29, 1.82) is 0 Å². The predicted molar refractivity (Wildman–Crippen MR) is 68.5 cm³/mol. The van der Waals surface area contributed by atoms with E-state index < -0.39 is 0 Å². The molecule has 0 heterocycles. The van der Waals surface area contributed by atoms with E-state index in [0.29, 0.717) is 6.79 Å². The monoisotopic (exact) mass is 278 g/mol. The minimum atomic E-state index is 0.403. The maximum atomic E-state index is 5.16. The highest BCUT2D eigenvalue weighted by Gasteiger charge is 1.87. The SMILES string of the molecule is COCOCC/C=C\CCCCCCBr. The molecular weight excluding hydrogens is 256 g/mol. The van der Waals surface area contributed by atoms with E-state index >= 15 is 0 Å². The van der Waals surface area contributed by atoms with Crippen LogP contribution >= 0.6 is 15.9 Å². The summed E-state index contributed by atoms with van der Waals surface area (Å²) in [6.07, 6.45) is 11.9. The minimum Gasteiger partial charge on any atom is -0.359 e. The van der Waals surface area contributed by atoms with Crippen LogP contribution in [0.4, 0.5) is 0 Å². The summed E-state index contributed by atoms with van der Waals surface area (Å²) in [5.74, 6) is 0. The third-order valence-electron chi connectivity index (χ3n) is 2.05. The van der Waals surface area contributed by atoms with Crippen molar-refractivity contribution in [3.8, 4) is 0 Å². The molecule has 0 saturated carbocycles. The molecule has 0 fully saturated rings. The number of methoxy groups -OCH3 is 1. The van der Waals surface area contributed by atoms with E-state index in [-0.39, 0.29) is 0 Å².